The minimum absolute atomic E-state index is 0.160. The zero-order valence-corrected chi connectivity index (χ0v) is 16.0. The molecular weight excluding hydrogens is 338 g/mol. The highest BCUT2D eigenvalue weighted by Gasteiger charge is 2.14. The van der Waals surface area contributed by atoms with Crippen LogP contribution in [0, 0.1) is 13.8 Å². The first kappa shape index (κ1) is 18.8. The van der Waals surface area contributed by atoms with Crippen LogP contribution in [0.3, 0.4) is 0 Å². The second-order valence-electron chi connectivity index (χ2n) is 6.65. The third-order valence-electron chi connectivity index (χ3n) is 4.55. The second-order valence-corrected chi connectivity index (χ2v) is 6.65. The largest absolute Gasteiger partial charge is 0.492 e. The fourth-order valence-corrected chi connectivity index (χ4v) is 2.79. The van der Waals surface area contributed by atoms with Gasteiger partial charge in [0.2, 0.25) is 0 Å². The zero-order chi connectivity index (χ0) is 19.2. The van der Waals surface area contributed by atoms with Crippen LogP contribution in [0.1, 0.15) is 18.1 Å². The molecule has 0 heterocycles. The minimum atomic E-state index is -0.576. The van der Waals surface area contributed by atoms with Gasteiger partial charge in [0.05, 0.1) is 6.54 Å². The Hall–Kier alpha value is -3.01. The van der Waals surface area contributed by atoms with Gasteiger partial charge < -0.3 is 14.8 Å². The van der Waals surface area contributed by atoms with Crippen molar-refractivity contribution < 1.29 is 14.3 Å². The first-order valence-electron chi connectivity index (χ1n) is 9.16. The molecular formula is C23H25NO3. The lowest BCUT2D eigenvalue weighted by Crippen LogP contribution is -2.38. The van der Waals surface area contributed by atoms with E-state index in [2.05, 4.69) is 19.2 Å². The summed E-state index contributed by atoms with van der Waals surface area (Å²) in [5.74, 6) is 1.34. The molecule has 4 heteroatoms. The SMILES string of the molecule is Cc1ccc(OCCNC(=O)C(C)Oc2ccc3ccccc3c2)cc1C. The molecule has 0 saturated heterocycles. The quantitative estimate of drug-likeness (QED) is 0.632. The van der Waals surface area contributed by atoms with E-state index < -0.39 is 6.10 Å². The van der Waals surface area contributed by atoms with Gasteiger partial charge in [-0.3, -0.25) is 4.79 Å². The summed E-state index contributed by atoms with van der Waals surface area (Å²) < 4.78 is 11.5. The molecule has 1 N–H and O–H groups in total. The molecule has 3 aromatic carbocycles. The number of ether oxygens (including phenoxy) is 2. The Kier molecular flexibility index (Phi) is 5.97. The number of hydrogen-bond acceptors (Lipinski definition) is 3. The molecule has 1 amide bonds. The van der Waals surface area contributed by atoms with Crippen LogP contribution in [0.2, 0.25) is 0 Å². The van der Waals surface area contributed by atoms with Gasteiger partial charge in [0.25, 0.3) is 5.91 Å². The van der Waals surface area contributed by atoms with Crippen molar-refractivity contribution in [2.24, 2.45) is 0 Å². The van der Waals surface area contributed by atoms with Crippen LogP contribution in [0.5, 0.6) is 11.5 Å². The number of aryl methyl sites for hydroxylation is 2. The number of amides is 1. The Morgan fingerprint density at radius 3 is 2.44 bits per heavy atom. The summed E-state index contributed by atoms with van der Waals surface area (Å²) in [5, 5.41) is 5.08. The first-order chi connectivity index (χ1) is 13.0. The smallest absolute Gasteiger partial charge is 0.260 e. The van der Waals surface area contributed by atoms with Crippen LogP contribution in [-0.4, -0.2) is 25.2 Å². The Labute approximate surface area is 160 Å². The van der Waals surface area contributed by atoms with Gasteiger partial charge >= 0.3 is 0 Å². The molecule has 4 nitrogen and oxygen atoms in total. The Morgan fingerprint density at radius 2 is 1.67 bits per heavy atom. The summed E-state index contributed by atoms with van der Waals surface area (Å²) in [5.41, 5.74) is 2.42. The van der Waals surface area contributed by atoms with Gasteiger partial charge in [0, 0.05) is 0 Å². The van der Waals surface area contributed by atoms with E-state index in [1.165, 1.54) is 11.1 Å². The van der Waals surface area contributed by atoms with Crippen LogP contribution >= 0.6 is 0 Å². The number of fused-ring (bicyclic) bond motifs is 1. The van der Waals surface area contributed by atoms with Crippen LogP contribution < -0.4 is 14.8 Å². The van der Waals surface area contributed by atoms with Crippen molar-refractivity contribution in [1.29, 1.82) is 0 Å². The number of carbonyl (C=O) groups is 1. The van der Waals surface area contributed by atoms with E-state index in [0.29, 0.717) is 18.9 Å². The highest BCUT2D eigenvalue weighted by Crippen LogP contribution is 2.21. The monoisotopic (exact) mass is 363 g/mol. The average molecular weight is 363 g/mol. The van der Waals surface area contributed by atoms with Gasteiger partial charge in [-0.25, -0.2) is 0 Å². The molecule has 0 aliphatic carbocycles. The van der Waals surface area contributed by atoms with Crippen LogP contribution in [0.15, 0.2) is 60.7 Å². The van der Waals surface area contributed by atoms with Crippen molar-refractivity contribution in [3.8, 4) is 11.5 Å². The van der Waals surface area contributed by atoms with Crippen molar-refractivity contribution in [3.63, 3.8) is 0 Å². The van der Waals surface area contributed by atoms with Crippen molar-refractivity contribution in [1.82, 2.24) is 5.32 Å². The van der Waals surface area contributed by atoms with E-state index >= 15 is 0 Å². The Balaban J connectivity index is 1.46. The molecule has 1 atom stereocenters. The van der Waals surface area contributed by atoms with Gasteiger partial charge in [-0.1, -0.05) is 36.4 Å². The number of rotatable bonds is 7. The molecule has 1 unspecified atom stereocenters. The van der Waals surface area contributed by atoms with Gasteiger partial charge in [-0.05, 0) is 66.9 Å². The number of benzene rings is 3. The van der Waals surface area contributed by atoms with E-state index in [4.69, 9.17) is 9.47 Å². The average Bonchev–Trinajstić information content (AvgIpc) is 2.67. The molecule has 140 valence electrons. The highest BCUT2D eigenvalue weighted by molar-refractivity contribution is 5.84. The zero-order valence-electron chi connectivity index (χ0n) is 16.0. The van der Waals surface area contributed by atoms with E-state index in [1.807, 2.05) is 60.7 Å². The van der Waals surface area contributed by atoms with Crippen molar-refractivity contribution in [2.45, 2.75) is 26.9 Å². The molecule has 3 aromatic rings. The van der Waals surface area contributed by atoms with Crippen LogP contribution in [-0.2, 0) is 4.79 Å². The van der Waals surface area contributed by atoms with E-state index in [9.17, 15) is 4.79 Å². The van der Waals surface area contributed by atoms with E-state index in [0.717, 1.165) is 16.5 Å². The third-order valence-corrected chi connectivity index (χ3v) is 4.55. The standard InChI is InChI=1S/C23H25NO3/c1-16-8-10-21(14-17(16)2)26-13-12-24-23(25)18(3)27-22-11-9-19-6-4-5-7-20(19)15-22/h4-11,14-15,18H,12-13H2,1-3H3,(H,24,25). The Bertz CT molecular complexity index is 936. The van der Waals surface area contributed by atoms with Crippen molar-refractivity contribution in [3.05, 3.63) is 71.8 Å². The van der Waals surface area contributed by atoms with E-state index in [-0.39, 0.29) is 5.91 Å². The maximum absolute atomic E-state index is 12.2. The third kappa shape index (κ3) is 5.00. The van der Waals surface area contributed by atoms with Gasteiger partial charge in [-0.2, -0.15) is 0 Å². The number of nitrogens with one attached hydrogen (secondary N) is 1. The minimum Gasteiger partial charge on any atom is -0.492 e. The van der Waals surface area contributed by atoms with Crippen molar-refractivity contribution >= 4 is 16.7 Å². The fraction of sp³-hybridized carbons (Fsp3) is 0.261. The number of hydrogen-bond donors (Lipinski definition) is 1. The summed E-state index contributed by atoms with van der Waals surface area (Å²) in [7, 11) is 0. The van der Waals surface area contributed by atoms with Gasteiger partial charge in [0.15, 0.2) is 6.10 Å². The Morgan fingerprint density at radius 1 is 0.926 bits per heavy atom. The van der Waals surface area contributed by atoms with Gasteiger partial charge in [0.1, 0.15) is 18.1 Å². The molecule has 0 aliphatic heterocycles. The molecule has 27 heavy (non-hydrogen) atoms. The maximum Gasteiger partial charge on any atom is 0.260 e. The summed E-state index contributed by atoms with van der Waals surface area (Å²) in [4.78, 5) is 12.2. The molecule has 0 aromatic heterocycles. The number of carbonyl (C=O) groups excluding carboxylic acids is 1. The summed E-state index contributed by atoms with van der Waals surface area (Å²) >= 11 is 0. The molecule has 3 rings (SSSR count). The first-order valence-corrected chi connectivity index (χ1v) is 9.16. The van der Waals surface area contributed by atoms with Crippen LogP contribution in [0.4, 0.5) is 0 Å². The fourth-order valence-electron chi connectivity index (χ4n) is 2.79. The normalized spacial score (nSPS) is 11.8. The second kappa shape index (κ2) is 8.58. The molecule has 0 fully saturated rings. The van der Waals surface area contributed by atoms with Crippen LogP contribution in [0.25, 0.3) is 10.8 Å². The maximum atomic E-state index is 12.2. The summed E-state index contributed by atoms with van der Waals surface area (Å²) in [6.07, 6.45) is -0.576. The van der Waals surface area contributed by atoms with E-state index in [1.54, 1.807) is 6.92 Å². The van der Waals surface area contributed by atoms with Gasteiger partial charge in [-0.15, -0.1) is 0 Å². The lowest BCUT2D eigenvalue weighted by Gasteiger charge is -2.15. The topological polar surface area (TPSA) is 47.6 Å². The molecule has 0 bridgehead atoms. The lowest BCUT2D eigenvalue weighted by molar-refractivity contribution is -0.127. The lowest BCUT2D eigenvalue weighted by atomic mass is 10.1. The highest BCUT2D eigenvalue weighted by atomic mass is 16.5. The molecule has 0 aliphatic rings. The summed E-state index contributed by atoms with van der Waals surface area (Å²) in [6, 6.07) is 19.9. The molecule has 0 radical (unpaired) electrons. The predicted octanol–water partition coefficient (Wildman–Crippen LogP) is 4.42. The molecule has 0 spiro atoms. The molecule has 0 saturated carbocycles. The predicted molar refractivity (Wildman–Crippen MR) is 108 cm³/mol. The summed E-state index contributed by atoms with van der Waals surface area (Å²) in [6.45, 7) is 6.70. The van der Waals surface area contributed by atoms with Crippen molar-refractivity contribution in [2.75, 3.05) is 13.2 Å².